The Morgan fingerprint density at radius 1 is 1.20 bits per heavy atom. The minimum absolute atomic E-state index is 0.0766. The van der Waals surface area contributed by atoms with Gasteiger partial charge in [0.1, 0.15) is 5.54 Å². The number of rotatable bonds is 2. The molecule has 2 heterocycles. The van der Waals surface area contributed by atoms with Crippen molar-refractivity contribution in [3.05, 3.63) is 35.4 Å². The van der Waals surface area contributed by atoms with Gasteiger partial charge in [-0.05, 0) is 44.0 Å². The molecule has 2 N–H and O–H groups in total. The molecule has 106 valence electrons. The third-order valence-corrected chi connectivity index (χ3v) is 4.29. The first kappa shape index (κ1) is 13.1. The Morgan fingerprint density at radius 3 is 2.60 bits per heavy atom. The van der Waals surface area contributed by atoms with Crippen molar-refractivity contribution in [2.75, 3.05) is 13.1 Å². The molecular formula is C15H19N3O2. The van der Waals surface area contributed by atoms with Crippen molar-refractivity contribution >= 4 is 11.9 Å². The highest BCUT2D eigenvalue weighted by Gasteiger charge is 2.51. The molecule has 2 fully saturated rings. The number of hydrogen-bond acceptors (Lipinski definition) is 3. The van der Waals surface area contributed by atoms with Gasteiger partial charge in [-0.15, -0.1) is 0 Å². The Hall–Kier alpha value is -1.88. The predicted octanol–water partition coefficient (Wildman–Crippen LogP) is 1.17. The van der Waals surface area contributed by atoms with Crippen molar-refractivity contribution in [1.82, 2.24) is 15.5 Å². The highest BCUT2D eigenvalue weighted by molar-refractivity contribution is 6.07. The monoisotopic (exact) mass is 273 g/mol. The second kappa shape index (κ2) is 4.90. The topological polar surface area (TPSA) is 61.4 Å². The Bertz CT molecular complexity index is 550. The molecule has 0 radical (unpaired) electrons. The summed E-state index contributed by atoms with van der Waals surface area (Å²) in [5.74, 6) is -0.0766. The molecule has 20 heavy (non-hydrogen) atoms. The van der Waals surface area contributed by atoms with Crippen LogP contribution in [0.15, 0.2) is 24.3 Å². The van der Waals surface area contributed by atoms with Gasteiger partial charge in [-0.3, -0.25) is 9.69 Å². The number of carbonyl (C=O) groups is 2. The number of aryl methyl sites for hydroxylation is 1. The van der Waals surface area contributed by atoms with E-state index in [1.165, 1.54) is 4.90 Å². The molecule has 1 spiro atoms. The molecule has 5 nitrogen and oxygen atoms in total. The Labute approximate surface area is 118 Å². The van der Waals surface area contributed by atoms with E-state index in [1.807, 2.05) is 31.2 Å². The van der Waals surface area contributed by atoms with Crippen molar-refractivity contribution in [2.24, 2.45) is 0 Å². The maximum absolute atomic E-state index is 12.6. The van der Waals surface area contributed by atoms with Gasteiger partial charge in [-0.2, -0.15) is 0 Å². The summed E-state index contributed by atoms with van der Waals surface area (Å²) in [6.07, 6.45) is 1.34. The number of imide groups is 1. The number of piperidine rings is 1. The largest absolute Gasteiger partial charge is 0.325 e. The zero-order chi connectivity index (χ0) is 14.2. The summed E-state index contributed by atoms with van der Waals surface area (Å²) in [4.78, 5) is 26.1. The number of nitrogens with one attached hydrogen (secondary N) is 2. The van der Waals surface area contributed by atoms with E-state index in [9.17, 15) is 9.59 Å². The summed E-state index contributed by atoms with van der Waals surface area (Å²) in [5, 5.41) is 6.13. The minimum Gasteiger partial charge on any atom is -0.323 e. The van der Waals surface area contributed by atoms with Crippen molar-refractivity contribution < 1.29 is 9.59 Å². The van der Waals surface area contributed by atoms with E-state index in [1.54, 1.807) is 0 Å². The fraction of sp³-hybridized carbons (Fsp3) is 0.467. The van der Waals surface area contributed by atoms with E-state index in [4.69, 9.17) is 0 Å². The van der Waals surface area contributed by atoms with Gasteiger partial charge in [0.15, 0.2) is 0 Å². The fourth-order valence-corrected chi connectivity index (χ4v) is 2.97. The van der Waals surface area contributed by atoms with Crippen molar-refractivity contribution in [2.45, 2.75) is 31.8 Å². The van der Waals surface area contributed by atoms with Gasteiger partial charge < -0.3 is 10.6 Å². The number of urea groups is 1. The summed E-state index contributed by atoms with van der Waals surface area (Å²) < 4.78 is 0. The lowest BCUT2D eigenvalue weighted by Crippen LogP contribution is -2.53. The van der Waals surface area contributed by atoms with E-state index >= 15 is 0 Å². The summed E-state index contributed by atoms with van der Waals surface area (Å²) in [6.45, 7) is 3.88. The van der Waals surface area contributed by atoms with Crippen LogP contribution in [0.5, 0.6) is 0 Å². The molecule has 2 aliphatic heterocycles. The molecule has 2 saturated heterocycles. The average molecular weight is 273 g/mol. The molecule has 2 aliphatic rings. The van der Waals surface area contributed by atoms with Crippen LogP contribution in [0.1, 0.15) is 24.0 Å². The maximum atomic E-state index is 12.6. The van der Waals surface area contributed by atoms with Crippen LogP contribution in [-0.2, 0) is 11.3 Å². The van der Waals surface area contributed by atoms with E-state index in [0.29, 0.717) is 19.4 Å². The first-order chi connectivity index (χ1) is 9.62. The third kappa shape index (κ3) is 2.08. The highest BCUT2D eigenvalue weighted by atomic mass is 16.2. The Morgan fingerprint density at radius 2 is 1.90 bits per heavy atom. The molecule has 3 amide bonds. The van der Waals surface area contributed by atoms with Gasteiger partial charge in [0.2, 0.25) is 0 Å². The second-order valence-corrected chi connectivity index (χ2v) is 5.58. The van der Waals surface area contributed by atoms with Crippen LogP contribution in [0.4, 0.5) is 4.79 Å². The zero-order valence-corrected chi connectivity index (χ0v) is 11.6. The van der Waals surface area contributed by atoms with E-state index in [0.717, 1.165) is 24.2 Å². The first-order valence-electron chi connectivity index (χ1n) is 7.02. The molecule has 0 atom stereocenters. The number of amides is 3. The van der Waals surface area contributed by atoms with Gasteiger partial charge in [0.25, 0.3) is 5.91 Å². The summed E-state index contributed by atoms with van der Waals surface area (Å²) in [5.41, 5.74) is 1.44. The lowest BCUT2D eigenvalue weighted by molar-refractivity contribution is -0.132. The van der Waals surface area contributed by atoms with Crippen LogP contribution in [-0.4, -0.2) is 35.5 Å². The van der Waals surface area contributed by atoms with E-state index < -0.39 is 5.54 Å². The van der Waals surface area contributed by atoms with Gasteiger partial charge in [0.05, 0.1) is 6.54 Å². The smallest absolute Gasteiger partial charge is 0.323 e. The molecule has 0 unspecified atom stereocenters. The maximum Gasteiger partial charge on any atom is 0.325 e. The van der Waals surface area contributed by atoms with E-state index in [2.05, 4.69) is 10.6 Å². The molecule has 1 aromatic rings. The summed E-state index contributed by atoms with van der Waals surface area (Å²) in [6, 6.07) is 7.58. The van der Waals surface area contributed by atoms with Crippen molar-refractivity contribution in [3.8, 4) is 0 Å². The molecule has 0 aliphatic carbocycles. The van der Waals surface area contributed by atoms with Crippen LogP contribution in [0, 0.1) is 6.92 Å². The molecular weight excluding hydrogens is 254 g/mol. The van der Waals surface area contributed by atoms with Crippen LogP contribution in [0.2, 0.25) is 0 Å². The van der Waals surface area contributed by atoms with Gasteiger partial charge in [0, 0.05) is 0 Å². The van der Waals surface area contributed by atoms with Gasteiger partial charge >= 0.3 is 6.03 Å². The lowest BCUT2D eigenvalue weighted by atomic mass is 9.88. The number of hydrogen-bond donors (Lipinski definition) is 2. The number of carbonyl (C=O) groups excluding carboxylic acids is 2. The standard InChI is InChI=1S/C15H19N3O2/c1-11-4-2-3-5-12(11)10-18-13(19)15(17-14(18)20)6-8-16-9-7-15/h2-5,16H,6-10H2,1H3,(H,17,20). The molecule has 3 rings (SSSR count). The quantitative estimate of drug-likeness (QED) is 0.795. The Kier molecular flexibility index (Phi) is 3.22. The molecule has 1 aromatic carbocycles. The van der Waals surface area contributed by atoms with Crippen LogP contribution in [0.25, 0.3) is 0 Å². The minimum atomic E-state index is -0.676. The van der Waals surface area contributed by atoms with Crippen LogP contribution < -0.4 is 10.6 Å². The Balaban J connectivity index is 1.82. The molecule has 0 aromatic heterocycles. The van der Waals surface area contributed by atoms with Crippen molar-refractivity contribution in [1.29, 1.82) is 0 Å². The van der Waals surface area contributed by atoms with Crippen LogP contribution >= 0.6 is 0 Å². The summed E-state index contributed by atoms with van der Waals surface area (Å²) in [7, 11) is 0. The SMILES string of the molecule is Cc1ccccc1CN1C(=O)NC2(CCNCC2)C1=O. The molecule has 0 bridgehead atoms. The fourth-order valence-electron chi connectivity index (χ4n) is 2.97. The lowest BCUT2D eigenvalue weighted by Gasteiger charge is -2.31. The van der Waals surface area contributed by atoms with Gasteiger partial charge in [-0.25, -0.2) is 4.79 Å². The van der Waals surface area contributed by atoms with E-state index in [-0.39, 0.29) is 11.9 Å². The predicted molar refractivity (Wildman–Crippen MR) is 75.1 cm³/mol. The summed E-state index contributed by atoms with van der Waals surface area (Å²) >= 11 is 0. The zero-order valence-electron chi connectivity index (χ0n) is 11.6. The molecule has 0 saturated carbocycles. The third-order valence-electron chi connectivity index (χ3n) is 4.29. The second-order valence-electron chi connectivity index (χ2n) is 5.58. The highest BCUT2D eigenvalue weighted by Crippen LogP contribution is 2.28. The first-order valence-corrected chi connectivity index (χ1v) is 7.02. The van der Waals surface area contributed by atoms with Crippen LogP contribution in [0.3, 0.4) is 0 Å². The van der Waals surface area contributed by atoms with Crippen molar-refractivity contribution in [3.63, 3.8) is 0 Å². The number of benzene rings is 1. The van der Waals surface area contributed by atoms with Gasteiger partial charge in [-0.1, -0.05) is 24.3 Å². The molecule has 5 heteroatoms. The normalized spacial score (nSPS) is 21.4. The number of nitrogens with zero attached hydrogens (tertiary/aromatic N) is 1. The average Bonchev–Trinajstić information content (AvgIpc) is 2.66.